The predicted octanol–water partition coefficient (Wildman–Crippen LogP) is 3.75. The fourth-order valence-corrected chi connectivity index (χ4v) is 2.35. The van der Waals surface area contributed by atoms with Crippen molar-refractivity contribution in [1.29, 1.82) is 0 Å². The van der Waals surface area contributed by atoms with Gasteiger partial charge in [0.05, 0.1) is 0 Å². The molecular weight excluding hydrogens is 222 g/mol. The van der Waals surface area contributed by atoms with E-state index in [2.05, 4.69) is 47.6 Å². The summed E-state index contributed by atoms with van der Waals surface area (Å²) in [4.78, 5) is 0. The quantitative estimate of drug-likeness (QED) is 0.796. The van der Waals surface area contributed by atoms with Gasteiger partial charge in [-0.2, -0.15) is 0 Å². The van der Waals surface area contributed by atoms with E-state index in [4.69, 9.17) is 5.73 Å². The fraction of sp³-hybridized carbons (Fsp3) is 0.625. The number of phenolic OH excluding ortho intramolecular Hbond substituents is 1. The van der Waals surface area contributed by atoms with Gasteiger partial charge in [0.15, 0.2) is 0 Å². The van der Waals surface area contributed by atoms with Gasteiger partial charge in [0.2, 0.25) is 0 Å². The maximum atomic E-state index is 10.4. The summed E-state index contributed by atoms with van der Waals surface area (Å²) in [5, 5.41) is 10.4. The first-order chi connectivity index (χ1) is 8.00. The molecular formula is C16H27NO. The van der Waals surface area contributed by atoms with Crippen molar-refractivity contribution >= 4 is 0 Å². The molecule has 0 fully saturated rings. The van der Waals surface area contributed by atoms with Gasteiger partial charge in [-0.3, -0.25) is 0 Å². The van der Waals surface area contributed by atoms with Gasteiger partial charge in [-0.1, -0.05) is 47.6 Å². The van der Waals surface area contributed by atoms with Crippen molar-refractivity contribution in [3.63, 3.8) is 0 Å². The first-order valence-corrected chi connectivity index (χ1v) is 6.56. The lowest BCUT2D eigenvalue weighted by Gasteiger charge is -2.29. The number of phenols is 1. The van der Waals surface area contributed by atoms with Crippen LogP contribution in [0, 0.1) is 6.92 Å². The zero-order chi connectivity index (χ0) is 14.3. The SMILES string of the molecule is Cc1c(O)c(C(C)(C)C)cc(C(C)(C)C)c1CN. The number of nitrogens with two attached hydrogens (primary N) is 1. The Morgan fingerprint density at radius 3 is 1.78 bits per heavy atom. The van der Waals surface area contributed by atoms with Gasteiger partial charge in [-0.15, -0.1) is 0 Å². The highest BCUT2D eigenvalue weighted by Crippen LogP contribution is 2.39. The largest absolute Gasteiger partial charge is 0.507 e. The van der Waals surface area contributed by atoms with Crippen LogP contribution in [0.1, 0.15) is 63.8 Å². The maximum Gasteiger partial charge on any atom is 0.122 e. The molecule has 0 aliphatic rings. The molecule has 0 aromatic heterocycles. The molecule has 1 aromatic rings. The van der Waals surface area contributed by atoms with Crippen molar-refractivity contribution in [1.82, 2.24) is 0 Å². The number of hydrogen-bond donors (Lipinski definition) is 2. The van der Waals surface area contributed by atoms with Crippen LogP contribution in [0.4, 0.5) is 0 Å². The zero-order valence-electron chi connectivity index (χ0n) is 12.8. The monoisotopic (exact) mass is 249 g/mol. The van der Waals surface area contributed by atoms with E-state index in [-0.39, 0.29) is 10.8 Å². The van der Waals surface area contributed by atoms with Crippen LogP contribution in [0.2, 0.25) is 0 Å². The Bertz CT molecular complexity index is 448. The molecule has 102 valence electrons. The molecule has 1 aromatic carbocycles. The zero-order valence-corrected chi connectivity index (χ0v) is 12.8. The number of benzene rings is 1. The second-order valence-corrected chi connectivity index (χ2v) is 7.13. The summed E-state index contributed by atoms with van der Waals surface area (Å²) in [7, 11) is 0. The van der Waals surface area contributed by atoms with Crippen LogP contribution in [0.15, 0.2) is 6.07 Å². The topological polar surface area (TPSA) is 46.2 Å². The lowest BCUT2D eigenvalue weighted by molar-refractivity contribution is 0.439. The first-order valence-electron chi connectivity index (χ1n) is 6.56. The summed E-state index contributed by atoms with van der Waals surface area (Å²) >= 11 is 0. The van der Waals surface area contributed by atoms with E-state index in [0.717, 1.165) is 16.7 Å². The van der Waals surface area contributed by atoms with Crippen molar-refractivity contribution in [3.8, 4) is 5.75 Å². The molecule has 0 aliphatic heterocycles. The molecule has 2 heteroatoms. The highest BCUT2D eigenvalue weighted by atomic mass is 16.3. The molecule has 0 spiro atoms. The minimum absolute atomic E-state index is 0.0349. The Hall–Kier alpha value is -1.02. The third-order valence-electron chi connectivity index (χ3n) is 3.50. The van der Waals surface area contributed by atoms with E-state index in [9.17, 15) is 5.11 Å². The van der Waals surface area contributed by atoms with Gasteiger partial charge >= 0.3 is 0 Å². The molecule has 0 bridgehead atoms. The second kappa shape index (κ2) is 4.58. The summed E-state index contributed by atoms with van der Waals surface area (Å²) in [5.74, 6) is 0.399. The van der Waals surface area contributed by atoms with Gasteiger partial charge in [-0.05, 0) is 40.0 Å². The van der Waals surface area contributed by atoms with Gasteiger partial charge in [-0.25, -0.2) is 0 Å². The fourth-order valence-electron chi connectivity index (χ4n) is 2.35. The minimum Gasteiger partial charge on any atom is -0.507 e. The molecule has 1 rings (SSSR count). The Balaban J connectivity index is 3.68. The molecule has 0 amide bonds. The van der Waals surface area contributed by atoms with Gasteiger partial charge < -0.3 is 10.8 Å². The molecule has 0 aliphatic carbocycles. The van der Waals surface area contributed by atoms with E-state index in [0.29, 0.717) is 12.3 Å². The maximum absolute atomic E-state index is 10.4. The molecule has 0 radical (unpaired) electrons. The van der Waals surface area contributed by atoms with Gasteiger partial charge in [0, 0.05) is 6.54 Å². The van der Waals surface area contributed by atoms with E-state index in [1.165, 1.54) is 5.56 Å². The highest BCUT2D eigenvalue weighted by Gasteiger charge is 2.26. The molecule has 3 N–H and O–H groups in total. The van der Waals surface area contributed by atoms with Gasteiger partial charge in [0.1, 0.15) is 5.75 Å². The number of hydrogen-bond acceptors (Lipinski definition) is 2. The van der Waals surface area contributed by atoms with Crippen molar-refractivity contribution in [2.75, 3.05) is 0 Å². The van der Waals surface area contributed by atoms with Crippen LogP contribution >= 0.6 is 0 Å². The summed E-state index contributed by atoms with van der Waals surface area (Å²) in [5.41, 5.74) is 10.1. The van der Waals surface area contributed by atoms with Crippen LogP contribution in [0.5, 0.6) is 5.75 Å². The van der Waals surface area contributed by atoms with E-state index >= 15 is 0 Å². The molecule has 2 nitrogen and oxygen atoms in total. The third-order valence-corrected chi connectivity index (χ3v) is 3.50. The second-order valence-electron chi connectivity index (χ2n) is 7.13. The van der Waals surface area contributed by atoms with E-state index in [1.807, 2.05) is 6.92 Å². The average molecular weight is 249 g/mol. The molecule has 0 unspecified atom stereocenters. The summed E-state index contributed by atoms with van der Waals surface area (Å²) in [6, 6.07) is 2.13. The minimum atomic E-state index is -0.0675. The smallest absolute Gasteiger partial charge is 0.122 e. The van der Waals surface area contributed by atoms with Crippen molar-refractivity contribution < 1.29 is 5.11 Å². The Kier molecular flexibility index (Phi) is 3.83. The molecule has 0 saturated carbocycles. The molecule has 18 heavy (non-hydrogen) atoms. The van der Waals surface area contributed by atoms with Crippen LogP contribution in [-0.2, 0) is 17.4 Å². The lowest BCUT2D eigenvalue weighted by atomic mass is 9.76. The van der Waals surface area contributed by atoms with Crippen LogP contribution < -0.4 is 5.73 Å². The Labute approximate surface area is 111 Å². The predicted molar refractivity (Wildman–Crippen MR) is 78.1 cm³/mol. The lowest BCUT2D eigenvalue weighted by Crippen LogP contribution is -2.21. The van der Waals surface area contributed by atoms with E-state index < -0.39 is 0 Å². The van der Waals surface area contributed by atoms with Crippen molar-refractivity contribution in [2.45, 2.75) is 65.8 Å². The van der Waals surface area contributed by atoms with Crippen molar-refractivity contribution in [3.05, 3.63) is 28.3 Å². The normalized spacial score (nSPS) is 12.9. The van der Waals surface area contributed by atoms with E-state index in [1.54, 1.807) is 0 Å². The van der Waals surface area contributed by atoms with Crippen LogP contribution in [-0.4, -0.2) is 5.11 Å². The average Bonchev–Trinajstić information content (AvgIpc) is 2.17. The summed E-state index contributed by atoms with van der Waals surface area (Å²) in [6.07, 6.45) is 0. The third kappa shape index (κ3) is 2.69. The molecule has 0 saturated heterocycles. The highest BCUT2D eigenvalue weighted by molar-refractivity contribution is 5.53. The summed E-state index contributed by atoms with van der Waals surface area (Å²) in [6.45, 7) is 15.3. The first kappa shape index (κ1) is 15.0. The van der Waals surface area contributed by atoms with Gasteiger partial charge in [0.25, 0.3) is 0 Å². The standard InChI is InChI=1S/C16H27NO/c1-10-11(9-17)12(15(2,3)4)8-13(14(10)18)16(5,6)7/h8,18H,9,17H2,1-7H3. The van der Waals surface area contributed by atoms with Crippen LogP contribution in [0.3, 0.4) is 0 Å². The molecule has 0 atom stereocenters. The number of aromatic hydroxyl groups is 1. The van der Waals surface area contributed by atoms with Crippen molar-refractivity contribution in [2.24, 2.45) is 5.73 Å². The molecule has 0 heterocycles. The van der Waals surface area contributed by atoms with Crippen LogP contribution in [0.25, 0.3) is 0 Å². The Morgan fingerprint density at radius 1 is 1.00 bits per heavy atom. The number of rotatable bonds is 1. The summed E-state index contributed by atoms with van der Waals surface area (Å²) < 4.78 is 0. The Morgan fingerprint density at radius 2 is 1.44 bits per heavy atom.